The van der Waals surface area contributed by atoms with Crippen LogP contribution >= 0.6 is 23.2 Å². The molecule has 4 rings (SSSR count). The smallest absolute Gasteiger partial charge is 0.293 e. The molecule has 5 nitrogen and oxygen atoms in total. The molecule has 0 aromatic heterocycles. The normalized spacial score (nSPS) is 21.6. The highest BCUT2D eigenvalue weighted by Gasteiger charge is 2.44. The molecule has 1 N–H and O–H groups in total. The highest BCUT2D eigenvalue weighted by molar-refractivity contribution is 6.51. The maximum atomic E-state index is 13.2. The van der Waals surface area contributed by atoms with Crippen LogP contribution in [-0.2, 0) is 20.8 Å². The van der Waals surface area contributed by atoms with Gasteiger partial charge < -0.3 is 0 Å². The van der Waals surface area contributed by atoms with E-state index in [1.54, 1.807) is 0 Å². The van der Waals surface area contributed by atoms with Gasteiger partial charge in [0.25, 0.3) is 5.91 Å². The fourth-order valence-corrected chi connectivity index (χ4v) is 4.15. The summed E-state index contributed by atoms with van der Waals surface area (Å²) in [5.41, 5.74) is 1.47. The second-order valence-corrected chi connectivity index (χ2v) is 7.17. The standard InChI is InChI=1S/C19H10Cl2FNO4/c20-14-11(13-17(25)19(27)23-18(13)26)6-8-5-10(16(24)12(8)15(14)21)7-1-3-9(22)4-2-7/h1-4,6,10,13H,5H2,(H,23,26,27). The number of benzene rings is 2. The molecule has 2 unspecified atom stereocenters. The Balaban J connectivity index is 1.80. The molecule has 1 aliphatic heterocycles. The summed E-state index contributed by atoms with van der Waals surface area (Å²) in [6.07, 6.45) is 0.264. The molecule has 2 atom stereocenters. The zero-order valence-electron chi connectivity index (χ0n) is 13.5. The first kappa shape index (κ1) is 17.8. The lowest BCUT2D eigenvalue weighted by molar-refractivity contribution is -0.135. The van der Waals surface area contributed by atoms with Crippen molar-refractivity contribution in [2.75, 3.05) is 0 Å². The molecule has 2 aromatic rings. The van der Waals surface area contributed by atoms with Crippen LogP contribution < -0.4 is 5.32 Å². The Morgan fingerprint density at radius 3 is 2.22 bits per heavy atom. The number of rotatable bonds is 2. The van der Waals surface area contributed by atoms with E-state index < -0.39 is 35.3 Å². The van der Waals surface area contributed by atoms with Crippen molar-refractivity contribution in [3.05, 3.63) is 68.4 Å². The van der Waals surface area contributed by atoms with Gasteiger partial charge >= 0.3 is 0 Å². The molecule has 0 spiro atoms. The third-order valence-corrected chi connectivity index (χ3v) is 5.75. The fraction of sp³-hybridized carbons (Fsp3) is 0.158. The second-order valence-electron chi connectivity index (χ2n) is 6.42. The Morgan fingerprint density at radius 2 is 1.63 bits per heavy atom. The number of amides is 2. The molecule has 0 saturated carbocycles. The van der Waals surface area contributed by atoms with Crippen LogP contribution in [0.3, 0.4) is 0 Å². The summed E-state index contributed by atoms with van der Waals surface area (Å²) < 4.78 is 13.2. The van der Waals surface area contributed by atoms with Crippen molar-refractivity contribution in [3.63, 3.8) is 0 Å². The molecular formula is C19H10Cl2FNO4. The molecule has 136 valence electrons. The Hall–Kier alpha value is -2.57. The van der Waals surface area contributed by atoms with E-state index in [2.05, 4.69) is 0 Å². The first-order valence-electron chi connectivity index (χ1n) is 7.99. The monoisotopic (exact) mass is 405 g/mol. The molecule has 27 heavy (non-hydrogen) atoms. The van der Waals surface area contributed by atoms with E-state index in [0.29, 0.717) is 11.1 Å². The first-order valence-corrected chi connectivity index (χ1v) is 8.74. The van der Waals surface area contributed by atoms with Gasteiger partial charge in [0.1, 0.15) is 11.7 Å². The van der Waals surface area contributed by atoms with Crippen LogP contribution in [0.25, 0.3) is 0 Å². The topological polar surface area (TPSA) is 80.3 Å². The number of Topliss-reactive ketones (excluding diaryl/α,β-unsaturated/α-hetero) is 2. The van der Waals surface area contributed by atoms with Crippen molar-refractivity contribution < 1.29 is 23.6 Å². The molecule has 0 bridgehead atoms. The summed E-state index contributed by atoms with van der Waals surface area (Å²) in [5, 5.41) is 1.79. The van der Waals surface area contributed by atoms with Gasteiger partial charge in [-0.3, -0.25) is 24.5 Å². The van der Waals surface area contributed by atoms with Crippen molar-refractivity contribution in [1.82, 2.24) is 5.32 Å². The van der Waals surface area contributed by atoms with Crippen LogP contribution in [0.2, 0.25) is 10.0 Å². The van der Waals surface area contributed by atoms with E-state index in [9.17, 15) is 23.6 Å². The first-order chi connectivity index (χ1) is 12.8. The Bertz CT molecular complexity index is 1050. The third-order valence-electron chi connectivity index (χ3n) is 4.87. The number of carbonyl (C=O) groups excluding carboxylic acids is 4. The van der Waals surface area contributed by atoms with Gasteiger partial charge in [0.05, 0.1) is 16.0 Å². The number of hydrogen-bond donors (Lipinski definition) is 1. The summed E-state index contributed by atoms with van der Waals surface area (Å²) >= 11 is 12.5. The molecule has 2 aliphatic rings. The van der Waals surface area contributed by atoms with E-state index in [0.717, 1.165) is 0 Å². The minimum absolute atomic E-state index is 0.0567. The summed E-state index contributed by atoms with van der Waals surface area (Å²) in [6, 6.07) is 7.04. The lowest BCUT2D eigenvalue weighted by Gasteiger charge is -2.12. The van der Waals surface area contributed by atoms with Crippen LogP contribution in [0.15, 0.2) is 30.3 Å². The lowest BCUT2D eigenvalue weighted by Crippen LogP contribution is -2.22. The molecule has 0 radical (unpaired) electrons. The number of nitrogens with one attached hydrogen (secondary N) is 1. The average molecular weight is 406 g/mol. The zero-order valence-corrected chi connectivity index (χ0v) is 15.0. The van der Waals surface area contributed by atoms with Gasteiger partial charge in [-0.15, -0.1) is 0 Å². The van der Waals surface area contributed by atoms with Crippen molar-refractivity contribution >= 4 is 46.6 Å². The lowest BCUT2D eigenvalue weighted by atomic mass is 9.93. The highest BCUT2D eigenvalue weighted by atomic mass is 35.5. The van der Waals surface area contributed by atoms with Crippen molar-refractivity contribution in [2.24, 2.45) is 0 Å². The van der Waals surface area contributed by atoms with Gasteiger partial charge in [-0.2, -0.15) is 0 Å². The van der Waals surface area contributed by atoms with Gasteiger partial charge in [0.2, 0.25) is 11.7 Å². The summed E-state index contributed by atoms with van der Waals surface area (Å²) in [5.74, 6) is -5.33. The number of ketones is 2. The van der Waals surface area contributed by atoms with Crippen LogP contribution in [0, 0.1) is 5.82 Å². The fourth-order valence-electron chi connectivity index (χ4n) is 3.57. The van der Waals surface area contributed by atoms with Gasteiger partial charge in [-0.05, 0) is 35.2 Å². The molecule has 1 heterocycles. The van der Waals surface area contributed by atoms with Gasteiger partial charge in [0.15, 0.2) is 5.78 Å². The van der Waals surface area contributed by atoms with E-state index in [-0.39, 0.29) is 33.4 Å². The van der Waals surface area contributed by atoms with Crippen molar-refractivity contribution in [2.45, 2.75) is 18.3 Å². The molecule has 1 fully saturated rings. The second kappa shape index (κ2) is 6.25. The maximum absolute atomic E-state index is 13.2. The Morgan fingerprint density at radius 1 is 0.963 bits per heavy atom. The number of fused-ring (bicyclic) bond motifs is 1. The van der Waals surface area contributed by atoms with Crippen LogP contribution in [0.5, 0.6) is 0 Å². The third kappa shape index (κ3) is 2.67. The van der Waals surface area contributed by atoms with Crippen LogP contribution in [0.4, 0.5) is 4.39 Å². The van der Waals surface area contributed by atoms with Crippen LogP contribution in [0.1, 0.15) is 38.9 Å². The summed E-state index contributed by atoms with van der Waals surface area (Å²) in [4.78, 5) is 48.3. The number of halogens is 3. The summed E-state index contributed by atoms with van der Waals surface area (Å²) in [6.45, 7) is 0. The Labute approximate surface area is 162 Å². The number of imide groups is 1. The van der Waals surface area contributed by atoms with E-state index in [1.807, 2.05) is 5.32 Å². The van der Waals surface area contributed by atoms with Gasteiger partial charge in [0, 0.05) is 5.56 Å². The molecule has 1 aliphatic carbocycles. The zero-order chi connectivity index (χ0) is 19.5. The maximum Gasteiger partial charge on any atom is 0.295 e. The minimum Gasteiger partial charge on any atom is -0.293 e. The Kier molecular flexibility index (Phi) is 4.13. The van der Waals surface area contributed by atoms with E-state index in [4.69, 9.17) is 23.2 Å². The average Bonchev–Trinajstić information content (AvgIpc) is 3.08. The largest absolute Gasteiger partial charge is 0.295 e. The van der Waals surface area contributed by atoms with Crippen LogP contribution in [-0.4, -0.2) is 23.4 Å². The van der Waals surface area contributed by atoms with E-state index >= 15 is 0 Å². The van der Waals surface area contributed by atoms with Crippen molar-refractivity contribution in [1.29, 1.82) is 0 Å². The van der Waals surface area contributed by atoms with Gasteiger partial charge in [-0.1, -0.05) is 41.4 Å². The molecule has 2 aromatic carbocycles. The molecular weight excluding hydrogens is 396 g/mol. The molecule has 2 amide bonds. The van der Waals surface area contributed by atoms with E-state index in [1.165, 1.54) is 30.3 Å². The number of carbonyl (C=O) groups is 4. The predicted molar refractivity (Wildman–Crippen MR) is 94.5 cm³/mol. The number of hydrogen-bond acceptors (Lipinski definition) is 4. The molecule has 1 saturated heterocycles. The highest BCUT2D eigenvalue weighted by Crippen LogP contribution is 2.44. The SMILES string of the molecule is O=C1NC(=O)C(c2cc3c(c(Cl)c2Cl)C(=O)C(c2ccc(F)cc2)C3)C1=O. The minimum atomic E-state index is -1.38. The molecule has 8 heteroatoms. The van der Waals surface area contributed by atoms with Crippen molar-refractivity contribution in [3.8, 4) is 0 Å². The summed E-state index contributed by atoms with van der Waals surface area (Å²) in [7, 11) is 0. The quantitative estimate of drug-likeness (QED) is 0.473. The van der Waals surface area contributed by atoms with Gasteiger partial charge in [-0.25, -0.2) is 4.39 Å². The predicted octanol–water partition coefficient (Wildman–Crippen LogP) is 2.96.